The van der Waals surface area contributed by atoms with E-state index in [-0.39, 0.29) is 6.61 Å². The maximum atomic E-state index is 11.8. The first kappa shape index (κ1) is 14.9. The molecule has 7 nitrogen and oxygen atoms in total. The van der Waals surface area contributed by atoms with E-state index in [1.54, 1.807) is 11.8 Å². The largest absolute Gasteiger partial charge is 0.458 e. The second-order valence-electron chi connectivity index (χ2n) is 4.92. The van der Waals surface area contributed by atoms with Gasteiger partial charge in [-0.1, -0.05) is 5.21 Å². The van der Waals surface area contributed by atoms with Crippen molar-refractivity contribution in [3.8, 4) is 0 Å². The van der Waals surface area contributed by atoms with Crippen molar-refractivity contribution in [2.24, 2.45) is 0 Å². The summed E-state index contributed by atoms with van der Waals surface area (Å²) in [5.41, 5.74) is 1.05. The molecule has 0 N–H and O–H groups in total. The van der Waals surface area contributed by atoms with Gasteiger partial charge < -0.3 is 14.4 Å². The molecule has 0 radical (unpaired) electrons. The fourth-order valence-corrected chi connectivity index (χ4v) is 2.29. The van der Waals surface area contributed by atoms with Gasteiger partial charge in [-0.2, -0.15) is 0 Å². The van der Waals surface area contributed by atoms with E-state index in [1.165, 1.54) is 12.8 Å². The first-order valence-corrected chi connectivity index (χ1v) is 7.01. The molecule has 20 heavy (non-hydrogen) atoms. The average molecular weight is 282 g/mol. The van der Waals surface area contributed by atoms with Gasteiger partial charge in [0.2, 0.25) is 0 Å². The predicted molar refractivity (Wildman–Crippen MR) is 72.6 cm³/mol. The molecule has 0 bridgehead atoms. The number of hydrogen-bond donors (Lipinski definition) is 0. The second kappa shape index (κ2) is 7.35. The number of carbonyl (C=O) groups excluding carboxylic acids is 1. The number of carbonyl (C=O) groups is 1. The zero-order valence-corrected chi connectivity index (χ0v) is 12.2. The number of likely N-dealkylation sites (tertiary alicyclic amines) is 1. The molecular weight excluding hydrogens is 260 g/mol. The highest BCUT2D eigenvalue weighted by Crippen LogP contribution is 2.09. The Bertz CT molecular complexity index is 441. The van der Waals surface area contributed by atoms with E-state index in [2.05, 4.69) is 15.2 Å². The summed E-state index contributed by atoms with van der Waals surface area (Å²) >= 11 is 0. The van der Waals surface area contributed by atoms with Gasteiger partial charge in [-0.05, 0) is 32.9 Å². The van der Waals surface area contributed by atoms with Crippen molar-refractivity contribution in [2.45, 2.75) is 26.3 Å². The zero-order valence-electron chi connectivity index (χ0n) is 12.2. The molecule has 0 atom stereocenters. The molecule has 0 amide bonds. The van der Waals surface area contributed by atoms with Gasteiger partial charge in [0.05, 0.1) is 18.8 Å². The van der Waals surface area contributed by atoms with Crippen LogP contribution in [0.5, 0.6) is 0 Å². The Morgan fingerprint density at radius 3 is 2.70 bits per heavy atom. The van der Waals surface area contributed by atoms with E-state index >= 15 is 0 Å². The maximum Gasteiger partial charge on any atom is 0.360 e. The van der Waals surface area contributed by atoms with E-state index in [0.717, 1.165) is 31.9 Å². The Balaban J connectivity index is 1.87. The van der Waals surface area contributed by atoms with Gasteiger partial charge in [0, 0.05) is 13.7 Å². The summed E-state index contributed by atoms with van der Waals surface area (Å²) in [4.78, 5) is 14.2. The summed E-state index contributed by atoms with van der Waals surface area (Å²) < 4.78 is 11.7. The molecule has 1 aliphatic heterocycles. The van der Waals surface area contributed by atoms with Gasteiger partial charge >= 0.3 is 5.97 Å². The Morgan fingerprint density at radius 2 is 2.00 bits per heavy atom. The highest BCUT2D eigenvalue weighted by molar-refractivity contribution is 5.88. The van der Waals surface area contributed by atoms with Crippen molar-refractivity contribution in [3.63, 3.8) is 0 Å². The summed E-state index contributed by atoms with van der Waals surface area (Å²) in [6, 6.07) is 0. The number of methoxy groups -OCH3 is 1. The lowest BCUT2D eigenvalue weighted by atomic mass is 10.3. The van der Waals surface area contributed by atoms with E-state index < -0.39 is 5.97 Å². The Labute approximate surface area is 118 Å². The standard InChI is InChI=1S/C13H22N4O3/c1-11-12(13(18)20-10-9-19-2)14-15-17(11)8-7-16-5-3-4-6-16/h3-10H2,1-2H3. The zero-order chi connectivity index (χ0) is 14.4. The minimum Gasteiger partial charge on any atom is -0.458 e. The summed E-state index contributed by atoms with van der Waals surface area (Å²) in [5.74, 6) is -0.438. The number of aromatic nitrogens is 3. The maximum absolute atomic E-state index is 11.8. The molecule has 1 fully saturated rings. The predicted octanol–water partition coefficient (Wildman–Crippen LogP) is 0.486. The van der Waals surface area contributed by atoms with Crippen molar-refractivity contribution < 1.29 is 14.3 Å². The van der Waals surface area contributed by atoms with E-state index in [9.17, 15) is 4.79 Å². The molecule has 2 heterocycles. The van der Waals surface area contributed by atoms with Crippen LogP contribution in [0.1, 0.15) is 29.0 Å². The van der Waals surface area contributed by atoms with Crippen LogP contribution in [0.3, 0.4) is 0 Å². The van der Waals surface area contributed by atoms with Crippen molar-refractivity contribution in [1.82, 2.24) is 19.9 Å². The van der Waals surface area contributed by atoms with Gasteiger partial charge in [-0.3, -0.25) is 0 Å². The third-order valence-electron chi connectivity index (χ3n) is 3.52. The number of esters is 1. The van der Waals surface area contributed by atoms with Gasteiger partial charge in [-0.15, -0.1) is 5.10 Å². The molecular formula is C13H22N4O3. The van der Waals surface area contributed by atoms with Crippen LogP contribution in [0.15, 0.2) is 0 Å². The summed E-state index contributed by atoms with van der Waals surface area (Å²) in [5, 5.41) is 7.95. The molecule has 0 aromatic carbocycles. The molecule has 1 aromatic rings. The molecule has 2 rings (SSSR count). The Kier molecular flexibility index (Phi) is 5.49. The molecule has 1 aromatic heterocycles. The first-order valence-electron chi connectivity index (χ1n) is 7.01. The average Bonchev–Trinajstić information content (AvgIpc) is 3.06. The number of rotatable bonds is 7. The summed E-state index contributed by atoms with van der Waals surface area (Å²) in [6.45, 7) is 6.46. The molecule has 0 saturated carbocycles. The van der Waals surface area contributed by atoms with Crippen LogP contribution in [0, 0.1) is 6.92 Å². The smallest absolute Gasteiger partial charge is 0.360 e. The lowest BCUT2D eigenvalue weighted by Crippen LogP contribution is -2.25. The SMILES string of the molecule is COCCOC(=O)c1nnn(CCN2CCCC2)c1C. The number of ether oxygens (including phenoxy) is 2. The monoisotopic (exact) mass is 282 g/mol. The van der Waals surface area contributed by atoms with Crippen LogP contribution < -0.4 is 0 Å². The highest BCUT2D eigenvalue weighted by atomic mass is 16.6. The van der Waals surface area contributed by atoms with Crippen molar-refractivity contribution in [2.75, 3.05) is 40.0 Å². The molecule has 0 unspecified atom stereocenters. The third-order valence-corrected chi connectivity index (χ3v) is 3.52. The summed E-state index contributed by atoms with van der Waals surface area (Å²) in [7, 11) is 1.56. The Morgan fingerprint density at radius 1 is 1.25 bits per heavy atom. The number of nitrogens with zero attached hydrogens (tertiary/aromatic N) is 4. The van der Waals surface area contributed by atoms with Crippen molar-refractivity contribution in [3.05, 3.63) is 11.4 Å². The minimum absolute atomic E-state index is 0.232. The summed E-state index contributed by atoms with van der Waals surface area (Å²) in [6.07, 6.45) is 2.54. The Hall–Kier alpha value is -1.47. The minimum atomic E-state index is -0.438. The van der Waals surface area contributed by atoms with E-state index in [4.69, 9.17) is 9.47 Å². The molecule has 1 saturated heterocycles. The van der Waals surface area contributed by atoms with Crippen LogP contribution >= 0.6 is 0 Å². The van der Waals surface area contributed by atoms with Crippen LogP contribution in [-0.2, 0) is 16.0 Å². The lowest BCUT2D eigenvalue weighted by Gasteiger charge is -2.14. The van der Waals surface area contributed by atoms with E-state index in [1.807, 2.05) is 6.92 Å². The normalized spacial score (nSPS) is 15.7. The van der Waals surface area contributed by atoms with Gasteiger partial charge in [0.25, 0.3) is 0 Å². The van der Waals surface area contributed by atoms with Gasteiger partial charge in [-0.25, -0.2) is 9.48 Å². The quantitative estimate of drug-likeness (QED) is 0.535. The van der Waals surface area contributed by atoms with Gasteiger partial charge in [0.15, 0.2) is 5.69 Å². The van der Waals surface area contributed by atoms with Crippen molar-refractivity contribution in [1.29, 1.82) is 0 Å². The van der Waals surface area contributed by atoms with Crippen LogP contribution in [-0.4, -0.2) is 65.8 Å². The lowest BCUT2D eigenvalue weighted by molar-refractivity contribution is 0.0380. The highest BCUT2D eigenvalue weighted by Gasteiger charge is 2.18. The first-order chi connectivity index (χ1) is 9.72. The van der Waals surface area contributed by atoms with Crippen LogP contribution in [0.4, 0.5) is 0 Å². The third kappa shape index (κ3) is 3.77. The fraction of sp³-hybridized carbons (Fsp3) is 0.769. The molecule has 1 aliphatic rings. The van der Waals surface area contributed by atoms with Crippen molar-refractivity contribution >= 4 is 5.97 Å². The molecule has 112 valence electrons. The number of hydrogen-bond acceptors (Lipinski definition) is 6. The molecule has 0 spiro atoms. The van der Waals surface area contributed by atoms with Crippen LogP contribution in [0.2, 0.25) is 0 Å². The van der Waals surface area contributed by atoms with Gasteiger partial charge in [0.1, 0.15) is 6.61 Å². The van der Waals surface area contributed by atoms with E-state index in [0.29, 0.717) is 12.3 Å². The second-order valence-corrected chi connectivity index (χ2v) is 4.92. The van der Waals surface area contributed by atoms with Crippen LogP contribution in [0.25, 0.3) is 0 Å². The topological polar surface area (TPSA) is 69.5 Å². The fourth-order valence-electron chi connectivity index (χ4n) is 2.29. The molecule has 7 heteroatoms. The molecule has 0 aliphatic carbocycles.